The Hall–Kier alpha value is -0.110. The number of hydrogen-bond donors (Lipinski definition) is 2. The highest BCUT2D eigenvalue weighted by molar-refractivity contribution is 5.85. The summed E-state index contributed by atoms with van der Waals surface area (Å²) in [5.41, 5.74) is 1.75. The van der Waals surface area contributed by atoms with Gasteiger partial charge in [-0.05, 0) is 25.9 Å². The lowest BCUT2D eigenvalue weighted by molar-refractivity contribution is -0.134. The maximum Gasteiger partial charge on any atom is 0.246 e. The van der Waals surface area contributed by atoms with Gasteiger partial charge in [-0.25, -0.2) is 5.48 Å². The zero-order chi connectivity index (χ0) is 12.8. The zero-order valence-electron chi connectivity index (χ0n) is 11.6. The molecule has 8 heteroatoms. The molecule has 2 N–H and O–H groups in total. The molecule has 2 fully saturated rings. The largest absolute Gasteiger partial charge is 0.379 e. The highest BCUT2D eigenvalue weighted by Gasteiger charge is 2.24. The van der Waals surface area contributed by atoms with Crippen molar-refractivity contribution in [3.63, 3.8) is 0 Å². The molecule has 0 saturated carbocycles. The van der Waals surface area contributed by atoms with E-state index in [0.29, 0.717) is 0 Å². The van der Waals surface area contributed by atoms with Gasteiger partial charge in [-0.3, -0.25) is 14.9 Å². The standard InChI is InChI=1S/C12H23N3O3.2ClH/c16-12(13-17)11-1-3-14(4-2-11)5-6-15-7-9-18-10-8-15;;/h11,17H,1-10H2,(H,13,16);2*1H. The molecule has 2 saturated heterocycles. The van der Waals surface area contributed by atoms with Crippen molar-refractivity contribution in [1.82, 2.24) is 15.3 Å². The van der Waals surface area contributed by atoms with Crippen molar-refractivity contribution in [1.29, 1.82) is 0 Å². The average molecular weight is 330 g/mol. The first-order valence-electron chi connectivity index (χ1n) is 6.76. The van der Waals surface area contributed by atoms with Crippen LogP contribution in [0.15, 0.2) is 0 Å². The van der Waals surface area contributed by atoms with E-state index >= 15 is 0 Å². The lowest BCUT2D eigenvalue weighted by atomic mass is 9.96. The number of amides is 1. The Labute approximate surface area is 132 Å². The van der Waals surface area contributed by atoms with Crippen LogP contribution in [0.4, 0.5) is 0 Å². The number of likely N-dealkylation sites (tertiary alicyclic amines) is 1. The van der Waals surface area contributed by atoms with E-state index in [9.17, 15) is 4.79 Å². The number of halogens is 2. The van der Waals surface area contributed by atoms with Crippen LogP contribution < -0.4 is 5.48 Å². The summed E-state index contributed by atoms with van der Waals surface area (Å²) in [4.78, 5) is 16.1. The summed E-state index contributed by atoms with van der Waals surface area (Å²) in [6, 6.07) is 0. The lowest BCUT2D eigenvalue weighted by Gasteiger charge is -2.33. The van der Waals surface area contributed by atoms with Crippen LogP contribution in [0.2, 0.25) is 0 Å². The molecular formula is C12H25Cl2N3O3. The summed E-state index contributed by atoms with van der Waals surface area (Å²) in [5.74, 6) is -0.252. The topological polar surface area (TPSA) is 65.0 Å². The van der Waals surface area contributed by atoms with Crippen molar-refractivity contribution < 1.29 is 14.7 Å². The molecule has 0 aromatic carbocycles. The molecule has 0 aromatic rings. The average Bonchev–Trinajstić information content (AvgIpc) is 2.46. The summed E-state index contributed by atoms with van der Waals surface area (Å²) < 4.78 is 5.32. The van der Waals surface area contributed by atoms with Crippen LogP contribution in [0.5, 0.6) is 0 Å². The fraction of sp³-hybridized carbons (Fsp3) is 0.917. The highest BCUT2D eigenvalue weighted by atomic mass is 35.5. The second kappa shape index (κ2) is 10.6. The molecule has 0 bridgehead atoms. The molecular weight excluding hydrogens is 305 g/mol. The maximum atomic E-state index is 11.3. The molecule has 2 rings (SSSR count). The lowest BCUT2D eigenvalue weighted by Crippen LogP contribution is -2.45. The van der Waals surface area contributed by atoms with E-state index < -0.39 is 0 Å². The molecule has 0 unspecified atom stereocenters. The maximum absolute atomic E-state index is 11.3. The number of piperidine rings is 1. The number of hydroxylamine groups is 1. The summed E-state index contributed by atoms with van der Waals surface area (Å²) in [6.07, 6.45) is 1.69. The molecule has 0 aliphatic carbocycles. The first-order chi connectivity index (χ1) is 8.79. The van der Waals surface area contributed by atoms with Crippen LogP contribution in [0.1, 0.15) is 12.8 Å². The third kappa shape index (κ3) is 6.11. The van der Waals surface area contributed by atoms with Gasteiger partial charge in [-0.2, -0.15) is 0 Å². The van der Waals surface area contributed by atoms with E-state index in [1.54, 1.807) is 5.48 Å². The normalized spacial score (nSPS) is 21.6. The van der Waals surface area contributed by atoms with Gasteiger partial charge in [-0.1, -0.05) is 0 Å². The Morgan fingerprint density at radius 2 is 1.55 bits per heavy atom. The first kappa shape index (κ1) is 19.9. The first-order valence-corrected chi connectivity index (χ1v) is 6.76. The SMILES string of the molecule is Cl.Cl.O=C(NO)C1CCN(CCN2CCOCC2)CC1. The van der Waals surface area contributed by atoms with Crippen molar-refractivity contribution in [2.45, 2.75) is 12.8 Å². The van der Waals surface area contributed by atoms with Crippen LogP contribution in [0.3, 0.4) is 0 Å². The van der Waals surface area contributed by atoms with Crippen molar-refractivity contribution >= 4 is 30.7 Å². The van der Waals surface area contributed by atoms with Gasteiger partial charge < -0.3 is 9.64 Å². The number of ether oxygens (including phenoxy) is 1. The summed E-state index contributed by atoms with van der Waals surface area (Å²) in [5, 5.41) is 8.59. The van der Waals surface area contributed by atoms with Crippen LogP contribution in [0, 0.1) is 5.92 Å². The van der Waals surface area contributed by atoms with Crippen LogP contribution >= 0.6 is 24.8 Å². The van der Waals surface area contributed by atoms with Crippen LogP contribution in [-0.2, 0) is 9.53 Å². The molecule has 0 aromatic heterocycles. The van der Waals surface area contributed by atoms with Gasteiger partial charge in [0.2, 0.25) is 5.91 Å². The molecule has 2 aliphatic rings. The summed E-state index contributed by atoms with van der Waals surface area (Å²) >= 11 is 0. The molecule has 1 amide bonds. The third-order valence-corrected chi connectivity index (χ3v) is 3.90. The Bertz CT molecular complexity index is 271. The van der Waals surface area contributed by atoms with Crippen LogP contribution in [-0.4, -0.2) is 73.4 Å². The predicted molar refractivity (Wildman–Crippen MR) is 80.8 cm³/mol. The summed E-state index contributed by atoms with van der Waals surface area (Å²) in [7, 11) is 0. The third-order valence-electron chi connectivity index (χ3n) is 3.90. The number of carbonyl (C=O) groups excluding carboxylic acids is 1. The number of morpholine rings is 1. The Morgan fingerprint density at radius 1 is 1.05 bits per heavy atom. The van der Waals surface area contributed by atoms with E-state index in [0.717, 1.165) is 65.3 Å². The van der Waals surface area contributed by atoms with Crippen molar-refractivity contribution in [2.24, 2.45) is 5.92 Å². The monoisotopic (exact) mass is 329 g/mol. The van der Waals surface area contributed by atoms with Gasteiger partial charge in [0.15, 0.2) is 0 Å². The Balaban J connectivity index is 0.00000180. The van der Waals surface area contributed by atoms with Crippen LogP contribution in [0.25, 0.3) is 0 Å². The van der Waals surface area contributed by atoms with E-state index in [-0.39, 0.29) is 36.6 Å². The number of nitrogens with one attached hydrogen (secondary N) is 1. The van der Waals surface area contributed by atoms with E-state index in [2.05, 4.69) is 9.80 Å². The van der Waals surface area contributed by atoms with E-state index in [4.69, 9.17) is 9.94 Å². The molecule has 20 heavy (non-hydrogen) atoms. The molecule has 0 spiro atoms. The molecule has 0 atom stereocenters. The van der Waals surface area contributed by atoms with Crippen molar-refractivity contribution in [2.75, 3.05) is 52.5 Å². The quantitative estimate of drug-likeness (QED) is 0.576. The fourth-order valence-electron chi connectivity index (χ4n) is 2.62. The minimum absolute atomic E-state index is 0. The smallest absolute Gasteiger partial charge is 0.246 e. The van der Waals surface area contributed by atoms with Gasteiger partial charge in [0.25, 0.3) is 0 Å². The highest BCUT2D eigenvalue weighted by Crippen LogP contribution is 2.16. The van der Waals surface area contributed by atoms with Gasteiger partial charge in [0.05, 0.1) is 13.2 Å². The van der Waals surface area contributed by atoms with Gasteiger partial charge in [0.1, 0.15) is 0 Å². The molecule has 120 valence electrons. The molecule has 0 radical (unpaired) electrons. The Morgan fingerprint density at radius 3 is 2.05 bits per heavy atom. The fourth-order valence-corrected chi connectivity index (χ4v) is 2.62. The predicted octanol–water partition coefficient (Wildman–Crippen LogP) is 0.380. The minimum atomic E-state index is -0.233. The van der Waals surface area contributed by atoms with Gasteiger partial charge >= 0.3 is 0 Å². The van der Waals surface area contributed by atoms with Crippen molar-refractivity contribution in [3.05, 3.63) is 0 Å². The van der Waals surface area contributed by atoms with E-state index in [1.807, 2.05) is 0 Å². The zero-order valence-corrected chi connectivity index (χ0v) is 13.3. The second-order valence-electron chi connectivity index (χ2n) is 5.05. The van der Waals surface area contributed by atoms with Crippen molar-refractivity contribution in [3.8, 4) is 0 Å². The molecule has 6 nitrogen and oxygen atoms in total. The number of hydrogen-bond acceptors (Lipinski definition) is 5. The van der Waals surface area contributed by atoms with Gasteiger partial charge in [0, 0.05) is 32.1 Å². The number of carbonyl (C=O) groups is 1. The Kier molecular flexibility index (Phi) is 10.5. The minimum Gasteiger partial charge on any atom is -0.379 e. The van der Waals surface area contributed by atoms with Gasteiger partial charge in [-0.15, -0.1) is 24.8 Å². The number of nitrogens with zero attached hydrogens (tertiary/aromatic N) is 2. The number of rotatable bonds is 4. The molecule has 2 heterocycles. The molecule has 2 aliphatic heterocycles. The van der Waals surface area contributed by atoms with E-state index in [1.165, 1.54) is 0 Å². The summed E-state index contributed by atoms with van der Waals surface area (Å²) in [6.45, 7) is 7.79. The second-order valence-corrected chi connectivity index (χ2v) is 5.05.